The van der Waals surface area contributed by atoms with Crippen LogP contribution in [0.3, 0.4) is 0 Å². The first-order valence-corrected chi connectivity index (χ1v) is 7.62. The van der Waals surface area contributed by atoms with E-state index in [1.807, 2.05) is 0 Å². The first-order valence-electron chi connectivity index (χ1n) is 6.22. The fourth-order valence-electron chi connectivity index (χ4n) is 1.17. The maximum Gasteiger partial charge on any atom is 0.485 e. The average Bonchev–Trinajstić information content (AvgIpc) is 2.22. The maximum absolute atomic E-state index is 10.7. The summed E-state index contributed by atoms with van der Waals surface area (Å²) < 4.78 is 60.1. The largest absolute Gasteiger partial charge is 0.741 e. The molecule has 5 nitrogen and oxygen atoms in total. The Hall–Kier alpha value is -0.380. The van der Waals surface area contributed by atoms with Crippen LogP contribution in [0.1, 0.15) is 19.8 Å². The van der Waals surface area contributed by atoms with Gasteiger partial charge in [-0.05, 0) is 20.5 Å². The van der Waals surface area contributed by atoms with Crippen molar-refractivity contribution in [3.05, 3.63) is 0 Å². The third-order valence-corrected chi connectivity index (χ3v) is 3.12. The number of likely N-dealkylation sites (N-methyl/N-ethyl adjacent to an activating group) is 2. The van der Waals surface area contributed by atoms with E-state index in [1.165, 1.54) is 32.5 Å². The lowest BCUT2D eigenvalue weighted by Crippen LogP contribution is -2.44. The van der Waals surface area contributed by atoms with Gasteiger partial charge in [-0.15, -0.1) is 0 Å². The molecule has 0 bridgehead atoms. The summed E-state index contributed by atoms with van der Waals surface area (Å²) in [6, 6.07) is 0. The number of nitrogens with zero attached hydrogens (tertiary/aromatic N) is 2. The van der Waals surface area contributed by atoms with Crippen LogP contribution in [0.15, 0.2) is 0 Å². The molecule has 0 aromatic carbocycles. The molecule has 0 amide bonds. The molecule has 124 valence electrons. The van der Waals surface area contributed by atoms with Gasteiger partial charge in [-0.3, -0.25) is 0 Å². The zero-order valence-electron chi connectivity index (χ0n) is 12.7. The van der Waals surface area contributed by atoms with E-state index in [0.717, 1.165) is 4.48 Å². The van der Waals surface area contributed by atoms with Crippen LogP contribution in [0.5, 0.6) is 0 Å². The molecule has 0 heterocycles. The Morgan fingerprint density at radius 2 is 1.55 bits per heavy atom. The highest BCUT2D eigenvalue weighted by Gasteiger charge is 2.36. The number of unbranched alkanes of at least 4 members (excludes halogenated alkanes) is 1. The fraction of sp³-hybridized carbons (Fsp3) is 1.00. The molecule has 0 spiro atoms. The smallest absolute Gasteiger partial charge is 0.485 e. The molecule has 0 aliphatic carbocycles. The van der Waals surface area contributed by atoms with Crippen molar-refractivity contribution in [2.45, 2.75) is 25.3 Å². The minimum Gasteiger partial charge on any atom is -0.741 e. The van der Waals surface area contributed by atoms with Crippen molar-refractivity contribution in [2.24, 2.45) is 0 Å². The van der Waals surface area contributed by atoms with Crippen LogP contribution in [-0.4, -0.2) is 75.7 Å². The van der Waals surface area contributed by atoms with Crippen molar-refractivity contribution in [3.8, 4) is 0 Å². The first kappa shape index (κ1) is 21.9. The predicted octanol–water partition coefficient (Wildman–Crippen LogP) is 1.48. The van der Waals surface area contributed by atoms with E-state index in [0.29, 0.717) is 0 Å². The van der Waals surface area contributed by atoms with Crippen LogP contribution >= 0.6 is 0 Å². The van der Waals surface area contributed by atoms with Crippen LogP contribution < -0.4 is 0 Å². The number of halogens is 3. The highest BCUT2D eigenvalue weighted by molar-refractivity contribution is 7.86. The zero-order valence-corrected chi connectivity index (χ0v) is 13.5. The number of alkyl halides is 3. The van der Waals surface area contributed by atoms with Gasteiger partial charge in [-0.1, -0.05) is 13.3 Å². The Bertz CT molecular complexity index is 354. The molecule has 0 rings (SSSR count). The summed E-state index contributed by atoms with van der Waals surface area (Å²) >= 11 is 0. The van der Waals surface area contributed by atoms with E-state index in [1.54, 1.807) is 0 Å². The Balaban J connectivity index is 0. The first-order chi connectivity index (χ1) is 8.73. The summed E-state index contributed by atoms with van der Waals surface area (Å²) in [5, 5.41) is 0. The Kier molecular flexibility index (Phi) is 9.65. The molecule has 0 unspecified atom stereocenters. The molecule has 0 aliphatic rings. The summed E-state index contributed by atoms with van der Waals surface area (Å²) in [5.41, 5.74) is -5.65. The SMILES string of the molecule is CCCC[N+](C)(C)CCN(C)C.O=S(=O)([O-])C(F)(F)F. The van der Waals surface area contributed by atoms with Gasteiger partial charge in [0, 0.05) is 6.54 Å². The van der Waals surface area contributed by atoms with E-state index in [9.17, 15) is 13.2 Å². The molecule has 0 N–H and O–H groups in total. The third-order valence-electron chi connectivity index (χ3n) is 2.55. The lowest BCUT2D eigenvalue weighted by atomic mass is 10.3. The van der Waals surface area contributed by atoms with Crippen molar-refractivity contribution in [2.75, 3.05) is 47.8 Å². The molecule has 0 fully saturated rings. The van der Waals surface area contributed by atoms with Crippen molar-refractivity contribution in [3.63, 3.8) is 0 Å². The van der Waals surface area contributed by atoms with Gasteiger partial charge >= 0.3 is 5.51 Å². The molecule has 0 saturated carbocycles. The number of hydrogen-bond acceptors (Lipinski definition) is 4. The van der Waals surface area contributed by atoms with E-state index in [4.69, 9.17) is 13.0 Å². The van der Waals surface area contributed by atoms with Crippen molar-refractivity contribution < 1.29 is 30.6 Å². The van der Waals surface area contributed by atoms with E-state index in [2.05, 4.69) is 40.0 Å². The summed E-state index contributed by atoms with van der Waals surface area (Å²) in [4.78, 5) is 2.26. The second kappa shape index (κ2) is 8.81. The minimum atomic E-state index is -6.09. The van der Waals surface area contributed by atoms with Gasteiger partial charge in [0.25, 0.3) is 0 Å². The topological polar surface area (TPSA) is 60.4 Å². The highest BCUT2D eigenvalue weighted by atomic mass is 32.2. The molecule has 0 atom stereocenters. The molecule has 9 heteroatoms. The Morgan fingerprint density at radius 3 is 1.80 bits per heavy atom. The fourth-order valence-corrected chi connectivity index (χ4v) is 1.17. The van der Waals surface area contributed by atoms with Crippen LogP contribution in [0.25, 0.3) is 0 Å². The lowest BCUT2D eigenvalue weighted by Gasteiger charge is -2.30. The van der Waals surface area contributed by atoms with Crippen LogP contribution in [0, 0.1) is 0 Å². The van der Waals surface area contributed by atoms with Gasteiger partial charge in [0.15, 0.2) is 10.1 Å². The maximum atomic E-state index is 10.7. The molecule has 0 aromatic heterocycles. The van der Waals surface area contributed by atoms with Gasteiger partial charge < -0.3 is 13.9 Å². The van der Waals surface area contributed by atoms with Gasteiger partial charge in [-0.2, -0.15) is 13.2 Å². The Labute approximate surface area is 119 Å². The van der Waals surface area contributed by atoms with Crippen molar-refractivity contribution >= 4 is 10.1 Å². The van der Waals surface area contributed by atoms with Crippen LogP contribution in [0.4, 0.5) is 13.2 Å². The summed E-state index contributed by atoms with van der Waals surface area (Å²) in [7, 11) is 2.82. The normalized spacial score (nSPS) is 13.1. The van der Waals surface area contributed by atoms with Gasteiger partial charge in [0.2, 0.25) is 0 Å². The molecular formula is C11H25F3N2O3S. The molecule has 0 radical (unpaired) electrons. The predicted molar refractivity (Wildman–Crippen MR) is 71.1 cm³/mol. The number of quaternary nitrogens is 1. The lowest BCUT2D eigenvalue weighted by molar-refractivity contribution is -0.890. The summed E-state index contributed by atoms with van der Waals surface area (Å²) in [6.45, 7) is 6.01. The van der Waals surface area contributed by atoms with Gasteiger partial charge in [-0.25, -0.2) is 8.42 Å². The summed E-state index contributed by atoms with van der Waals surface area (Å²) in [5.74, 6) is 0. The standard InChI is InChI=1S/C10H25N2.CHF3O3S/c1-6-7-9-12(4,5)10-8-11(2)3;2-1(3,4)8(5,6)7/h6-10H2,1-5H3;(H,5,6,7)/q+1;/p-1. The molecule has 20 heavy (non-hydrogen) atoms. The van der Waals surface area contributed by atoms with Crippen molar-refractivity contribution in [1.29, 1.82) is 0 Å². The average molecular weight is 322 g/mol. The molecule has 0 aromatic rings. The van der Waals surface area contributed by atoms with Gasteiger partial charge in [0.1, 0.15) is 0 Å². The molecule has 0 saturated heterocycles. The quantitative estimate of drug-likeness (QED) is 0.422. The van der Waals surface area contributed by atoms with E-state index < -0.39 is 15.6 Å². The van der Waals surface area contributed by atoms with E-state index in [-0.39, 0.29) is 0 Å². The molecular weight excluding hydrogens is 297 g/mol. The van der Waals surface area contributed by atoms with Crippen LogP contribution in [0.2, 0.25) is 0 Å². The van der Waals surface area contributed by atoms with Crippen LogP contribution in [-0.2, 0) is 10.1 Å². The van der Waals surface area contributed by atoms with Gasteiger partial charge in [0.05, 0.1) is 27.2 Å². The third kappa shape index (κ3) is 12.6. The number of hydrogen-bond donors (Lipinski definition) is 0. The second-order valence-corrected chi connectivity index (χ2v) is 6.81. The Morgan fingerprint density at radius 1 is 1.15 bits per heavy atom. The summed E-state index contributed by atoms with van der Waals surface area (Å²) in [6.07, 6.45) is 2.66. The second-order valence-electron chi connectivity index (χ2n) is 5.44. The minimum absolute atomic E-state index is 1.16. The monoisotopic (exact) mass is 322 g/mol. The zero-order chi connectivity index (χ0) is 16.6. The number of rotatable bonds is 6. The highest BCUT2D eigenvalue weighted by Crippen LogP contribution is 2.20. The molecule has 0 aliphatic heterocycles. The van der Waals surface area contributed by atoms with E-state index >= 15 is 0 Å². The van der Waals surface area contributed by atoms with Crippen molar-refractivity contribution in [1.82, 2.24) is 4.90 Å².